The first-order valence-electron chi connectivity index (χ1n) is 12.3. The van der Waals surface area contributed by atoms with Crippen molar-refractivity contribution in [3.63, 3.8) is 0 Å². The molecule has 0 N–H and O–H groups in total. The molecule has 5 aromatic carbocycles. The van der Waals surface area contributed by atoms with Crippen molar-refractivity contribution in [1.82, 2.24) is 18.5 Å². The van der Waals surface area contributed by atoms with Crippen LogP contribution in [0.4, 0.5) is 0 Å². The first-order valence-corrected chi connectivity index (χ1v) is 12.3. The van der Waals surface area contributed by atoms with Gasteiger partial charge in [-0.2, -0.15) is 0 Å². The predicted octanol–water partition coefficient (Wildman–Crippen LogP) is 6.89. The molecule has 0 saturated carbocycles. The van der Waals surface area contributed by atoms with E-state index in [4.69, 9.17) is 4.98 Å². The molecule has 0 radical (unpaired) electrons. The molecule has 5 nitrogen and oxygen atoms in total. The minimum atomic E-state index is -0.0755. The Morgan fingerprint density at radius 1 is 0.486 bits per heavy atom. The molecule has 5 heteroatoms. The molecule has 0 unspecified atom stereocenters. The van der Waals surface area contributed by atoms with Crippen LogP contribution >= 0.6 is 0 Å². The average molecular weight is 477 g/mol. The lowest BCUT2D eigenvalue weighted by atomic mass is 10.2. The molecule has 3 aromatic heterocycles. The Bertz CT molecular complexity index is 2160. The maximum atomic E-state index is 14.1. The van der Waals surface area contributed by atoms with E-state index >= 15 is 0 Å². The molecule has 0 fully saturated rings. The summed E-state index contributed by atoms with van der Waals surface area (Å²) in [7, 11) is 0. The molecule has 0 aliphatic carbocycles. The van der Waals surface area contributed by atoms with Gasteiger partial charge in [-0.25, -0.2) is 9.38 Å². The van der Waals surface area contributed by atoms with E-state index in [0.29, 0.717) is 16.7 Å². The van der Waals surface area contributed by atoms with Crippen LogP contribution in [0.25, 0.3) is 60.9 Å². The van der Waals surface area contributed by atoms with Crippen LogP contribution in [-0.4, -0.2) is 18.5 Å². The Labute approximate surface area is 211 Å². The highest BCUT2D eigenvalue weighted by molar-refractivity contribution is 6.09. The van der Waals surface area contributed by atoms with E-state index in [9.17, 15) is 4.79 Å². The first-order chi connectivity index (χ1) is 18.3. The Morgan fingerprint density at radius 3 is 1.78 bits per heavy atom. The minimum Gasteiger partial charge on any atom is -0.309 e. The summed E-state index contributed by atoms with van der Waals surface area (Å²) in [4.78, 5) is 19.1. The van der Waals surface area contributed by atoms with Gasteiger partial charge in [0, 0.05) is 22.1 Å². The Hall–Kier alpha value is -5.16. The van der Waals surface area contributed by atoms with Gasteiger partial charge in [0.15, 0.2) is 0 Å². The number of imidazole rings is 1. The number of fused-ring (bicyclic) bond motifs is 7. The molecule has 0 bridgehead atoms. The summed E-state index contributed by atoms with van der Waals surface area (Å²) in [6.45, 7) is 0. The summed E-state index contributed by atoms with van der Waals surface area (Å²) >= 11 is 0. The van der Waals surface area contributed by atoms with Gasteiger partial charge in [-0.15, -0.1) is 0 Å². The third-order valence-corrected chi connectivity index (χ3v) is 7.25. The van der Waals surface area contributed by atoms with Crippen molar-refractivity contribution in [1.29, 1.82) is 0 Å². The lowest BCUT2D eigenvalue weighted by Crippen LogP contribution is -2.15. The number of hydrogen-bond acceptors (Lipinski definition) is 2. The maximum Gasteiger partial charge on any atom is 0.267 e. The average Bonchev–Trinajstić information content (AvgIpc) is 3.47. The molecule has 0 atom stereocenters. The van der Waals surface area contributed by atoms with Crippen LogP contribution in [0.5, 0.6) is 0 Å². The van der Waals surface area contributed by atoms with Gasteiger partial charge >= 0.3 is 0 Å². The standard InChI is InChI=1S/C32H20N4O/c37-31-25-20-22(34-27-14-6-4-12-23(27)24-13-5-7-15-28(24)34)18-19-26(25)33-32-35(21-10-2-1-3-11-21)29-16-8-9-17-30(29)36(31)32/h1-20H. The van der Waals surface area contributed by atoms with Gasteiger partial charge in [0.1, 0.15) is 0 Å². The van der Waals surface area contributed by atoms with E-state index in [1.165, 1.54) is 10.8 Å². The van der Waals surface area contributed by atoms with Gasteiger partial charge in [0.25, 0.3) is 5.56 Å². The quantitative estimate of drug-likeness (QED) is 0.273. The molecule has 0 amide bonds. The Balaban J connectivity index is 1.48. The molecular formula is C32H20N4O. The fourth-order valence-electron chi connectivity index (χ4n) is 5.65. The molecule has 8 rings (SSSR count). The fourth-order valence-corrected chi connectivity index (χ4v) is 5.65. The van der Waals surface area contributed by atoms with E-state index in [0.717, 1.165) is 33.4 Å². The monoisotopic (exact) mass is 476 g/mol. The molecule has 8 aromatic rings. The van der Waals surface area contributed by atoms with E-state index in [-0.39, 0.29) is 5.56 Å². The zero-order valence-corrected chi connectivity index (χ0v) is 19.7. The van der Waals surface area contributed by atoms with E-state index in [1.54, 1.807) is 4.40 Å². The van der Waals surface area contributed by atoms with Gasteiger partial charge in [0.05, 0.1) is 33.0 Å². The second kappa shape index (κ2) is 7.42. The summed E-state index contributed by atoms with van der Waals surface area (Å²) in [6.07, 6.45) is 0. The molecule has 0 spiro atoms. The highest BCUT2D eigenvalue weighted by Gasteiger charge is 2.18. The SMILES string of the molecule is O=c1c2cc(-n3c4ccccc4c4ccccc43)ccc2nc2n(-c3ccccc3)c3ccccc3n12. The van der Waals surface area contributed by atoms with Crippen LogP contribution in [0.1, 0.15) is 0 Å². The van der Waals surface area contributed by atoms with Crippen molar-refractivity contribution < 1.29 is 0 Å². The highest BCUT2D eigenvalue weighted by atomic mass is 16.1. The van der Waals surface area contributed by atoms with E-state index in [1.807, 2.05) is 66.7 Å². The summed E-state index contributed by atoms with van der Waals surface area (Å²) in [5.74, 6) is 0.606. The molecule has 0 aliphatic rings. The van der Waals surface area contributed by atoms with Gasteiger partial charge in [-0.3, -0.25) is 9.36 Å². The molecular weight excluding hydrogens is 456 g/mol. The van der Waals surface area contributed by atoms with Crippen molar-refractivity contribution in [3.8, 4) is 11.4 Å². The minimum absolute atomic E-state index is 0.0755. The third-order valence-electron chi connectivity index (χ3n) is 7.25. The van der Waals surface area contributed by atoms with E-state index in [2.05, 4.69) is 63.7 Å². The lowest BCUT2D eigenvalue weighted by Gasteiger charge is -2.10. The summed E-state index contributed by atoms with van der Waals surface area (Å²) in [5.41, 5.74) is 6.50. The zero-order valence-electron chi connectivity index (χ0n) is 19.7. The predicted molar refractivity (Wildman–Crippen MR) is 150 cm³/mol. The topological polar surface area (TPSA) is 44.2 Å². The van der Waals surface area contributed by atoms with Crippen LogP contribution in [-0.2, 0) is 0 Å². The molecule has 3 heterocycles. The summed E-state index contributed by atoms with van der Waals surface area (Å²) < 4.78 is 6.02. The Kier molecular flexibility index (Phi) is 4.03. The number of nitrogens with zero attached hydrogens (tertiary/aromatic N) is 4. The van der Waals surface area contributed by atoms with Crippen molar-refractivity contribution >= 4 is 49.5 Å². The lowest BCUT2D eigenvalue weighted by molar-refractivity contribution is 1.05. The third kappa shape index (κ3) is 2.74. The zero-order chi connectivity index (χ0) is 24.5. The number of benzene rings is 5. The molecule has 0 aliphatic heterocycles. The number of rotatable bonds is 2. The number of hydrogen-bond donors (Lipinski definition) is 0. The summed E-state index contributed by atoms with van der Waals surface area (Å²) in [6, 6.07) is 40.8. The summed E-state index contributed by atoms with van der Waals surface area (Å²) in [5, 5.41) is 2.97. The highest BCUT2D eigenvalue weighted by Crippen LogP contribution is 2.32. The van der Waals surface area contributed by atoms with Crippen molar-refractivity contribution in [3.05, 3.63) is 132 Å². The van der Waals surface area contributed by atoms with Crippen LogP contribution in [0.15, 0.2) is 126 Å². The smallest absolute Gasteiger partial charge is 0.267 e. The van der Waals surface area contributed by atoms with Crippen molar-refractivity contribution in [2.75, 3.05) is 0 Å². The van der Waals surface area contributed by atoms with Crippen LogP contribution in [0, 0.1) is 0 Å². The van der Waals surface area contributed by atoms with Crippen LogP contribution < -0.4 is 5.56 Å². The second-order valence-electron chi connectivity index (χ2n) is 9.28. The Morgan fingerprint density at radius 2 is 1.08 bits per heavy atom. The number of aromatic nitrogens is 4. The van der Waals surface area contributed by atoms with Gasteiger partial charge in [0.2, 0.25) is 5.78 Å². The first kappa shape index (κ1) is 20.1. The van der Waals surface area contributed by atoms with Crippen molar-refractivity contribution in [2.45, 2.75) is 0 Å². The van der Waals surface area contributed by atoms with Gasteiger partial charge < -0.3 is 4.57 Å². The van der Waals surface area contributed by atoms with Gasteiger partial charge in [-0.05, 0) is 54.6 Å². The van der Waals surface area contributed by atoms with Gasteiger partial charge in [-0.1, -0.05) is 66.7 Å². The van der Waals surface area contributed by atoms with Crippen LogP contribution in [0.3, 0.4) is 0 Å². The van der Waals surface area contributed by atoms with Crippen molar-refractivity contribution in [2.24, 2.45) is 0 Å². The fraction of sp³-hybridized carbons (Fsp3) is 0. The second-order valence-corrected chi connectivity index (χ2v) is 9.28. The van der Waals surface area contributed by atoms with Crippen LogP contribution in [0.2, 0.25) is 0 Å². The number of para-hydroxylation sites is 5. The normalized spacial score (nSPS) is 11.9. The van der Waals surface area contributed by atoms with E-state index < -0.39 is 0 Å². The molecule has 0 saturated heterocycles. The largest absolute Gasteiger partial charge is 0.309 e. The molecule has 174 valence electrons. The maximum absolute atomic E-state index is 14.1. The molecule has 37 heavy (non-hydrogen) atoms.